The number of nitrogens with zero attached hydrogens (tertiary/aromatic N) is 2. The molecule has 0 aliphatic carbocycles. The van der Waals surface area contributed by atoms with E-state index in [-0.39, 0.29) is 11.4 Å². The monoisotopic (exact) mass is 593 g/mol. The molecule has 1 N–H and O–H groups in total. The summed E-state index contributed by atoms with van der Waals surface area (Å²) in [6, 6.07) is 18.2. The van der Waals surface area contributed by atoms with Gasteiger partial charge in [-0.1, -0.05) is 39.7 Å². The number of hydrogen-bond donors (Lipinski definition) is 1. The van der Waals surface area contributed by atoms with E-state index in [1.54, 1.807) is 42.5 Å². The molecule has 190 valence electrons. The van der Waals surface area contributed by atoms with E-state index >= 15 is 0 Å². The standard InChI is InChI=1S/C25H25BrClN3O5S/c1-3-35-23-13-6-19(14-24(23)34-2)15-28-29-25(31)17-30(16-18-4-7-20(26)8-5-18)36(32,33)22-11-9-21(27)10-12-22/h4-15H,3,16-17H2,1-2H3,(H,29,31)/b28-15-. The zero-order chi connectivity index (χ0) is 26.1. The van der Waals surface area contributed by atoms with Crippen molar-refractivity contribution in [3.05, 3.63) is 87.4 Å². The van der Waals surface area contributed by atoms with Gasteiger partial charge in [-0.05, 0) is 72.6 Å². The number of amides is 1. The van der Waals surface area contributed by atoms with Gasteiger partial charge in [0.1, 0.15) is 0 Å². The van der Waals surface area contributed by atoms with Gasteiger partial charge >= 0.3 is 0 Å². The van der Waals surface area contributed by atoms with Crippen LogP contribution in [0.15, 0.2) is 81.2 Å². The summed E-state index contributed by atoms with van der Waals surface area (Å²) in [6.07, 6.45) is 1.43. The van der Waals surface area contributed by atoms with Gasteiger partial charge < -0.3 is 9.47 Å². The van der Waals surface area contributed by atoms with E-state index in [1.807, 2.05) is 6.92 Å². The maximum atomic E-state index is 13.3. The van der Waals surface area contributed by atoms with Crippen molar-refractivity contribution >= 4 is 49.7 Å². The van der Waals surface area contributed by atoms with Crippen molar-refractivity contribution < 1.29 is 22.7 Å². The lowest BCUT2D eigenvalue weighted by molar-refractivity contribution is -0.121. The Labute approximate surface area is 224 Å². The van der Waals surface area contributed by atoms with Gasteiger partial charge in [0.25, 0.3) is 5.91 Å². The van der Waals surface area contributed by atoms with Crippen LogP contribution in [0.5, 0.6) is 11.5 Å². The van der Waals surface area contributed by atoms with Gasteiger partial charge in [-0.25, -0.2) is 13.8 Å². The van der Waals surface area contributed by atoms with Crippen LogP contribution < -0.4 is 14.9 Å². The summed E-state index contributed by atoms with van der Waals surface area (Å²) < 4.78 is 39.4. The van der Waals surface area contributed by atoms with Gasteiger partial charge in [0, 0.05) is 16.0 Å². The number of methoxy groups -OCH3 is 1. The Morgan fingerprint density at radius 1 is 1.08 bits per heavy atom. The predicted molar refractivity (Wildman–Crippen MR) is 143 cm³/mol. The molecule has 3 aromatic carbocycles. The van der Waals surface area contributed by atoms with E-state index in [2.05, 4.69) is 26.5 Å². The Hall–Kier alpha value is -2.92. The third-order valence-corrected chi connectivity index (χ3v) is 7.52. The second-order valence-electron chi connectivity index (χ2n) is 7.49. The number of hydrazone groups is 1. The van der Waals surface area contributed by atoms with Crippen LogP contribution in [0, 0.1) is 0 Å². The maximum absolute atomic E-state index is 13.3. The lowest BCUT2D eigenvalue weighted by Crippen LogP contribution is -2.39. The van der Waals surface area contributed by atoms with Crippen molar-refractivity contribution in [2.45, 2.75) is 18.4 Å². The molecule has 0 atom stereocenters. The molecule has 0 heterocycles. The van der Waals surface area contributed by atoms with Crippen molar-refractivity contribution in [1.29, 1.82) is 0 Å². The molecule has 0 fully saturated rings. The van der Waals surface area contributed by atoms with Crippen molar-refractivity contribution in [2.75, 3.05) is 20.3 Å². The largest absolute Gasteiger partial charge is 0.493 e. The number of carbonyl (C=O) groups excluding carboxylic acids is 1. The quantitative estimate of drug-likeness (QED) is 0.253. The summed E-state index contributed by atoms with van der Waals surface area (Å²) in [6.45, 7) is 1.92. The first-order chi connectivity index (χ1) is 17.2. The Morgan fingerprint density at radius 3 is 2.42 bits per heavy atom. The van der Waals surface area contributed by atoms with Crippen LogP contribution in [0.4, 0.5) is 0 Å². The molecular formula is C25H25BrClN3O5S. The summed E-state index contributed by atoms with van der Waals surface area (Å²) in [7, 11) is -2.47. The average molecular weight is 595 g/mol. The molecule has 0 radical (unpaired) electrons. The third kappa shape index (κ3) is 7.54. The Bertz CT molecular complexity index is 1320. The molecule has 1 amide bonds. The van der Waals surface area contributed by atoms with E-state index in [4.69, 9.17) is 21.1 Å². The molecule has 11 heteroatoms. The van der Waals surface area contributed by atoms with Gasteiger partial charge in [-0.2, -0.15) is 9.41 Å². The van der Waals surface area contributed by atoms with E-state index in [1.165, 1.54) is 37.6 Å². The van der Waals surface area contributed by atoms with Gasteiger partial charge in [-0.3, -0.25) is 4.79 Å². The van der Waals surface area contributed by atoms with Crippen LogP contribution in [-0.4, -0.2) is 45.1 Å². The van der Waals surface area contributed by atoms with Gasteiger partial charge in [0.05, 0.1) is 31.4 Å². The number of sulfonamides is 1. The van der Waals surface area contributed by atoms with Crippen LogP contribution in [0.25, 0.3) is 0 Å². The number of halogens is 2. The first-order valence-corrected chi connectivity index (χ1v) is 13.5. The second-order valence-corrected chi connectivity index (χ2v) is 10.8. The summed E-state index contributed by atoms with van der Waals surface area (Å²) >= 11 is 9.28. The minimum atomic E-state index is -4.00. The zero-order valence-electron chi connectivity index (χ0n) is 19.6. The highest BCUT2D eigenvalue weighted by atomic mass is 79.9. The predicted octanol–water partition coefficient (Wildman–Crippen LogP) is 4.85. The minimum absolute atomic E-state index is 0.00847. The van der Waals surface area contributed by atoms with Crippen molar-refractivity contribution in [3.8, 4) is 11.5 Å². The highest BCUT2D eigenvalue weighted by Gasteiger charge is 2.27. The molecule has 0 saturated carbocycles. The Kier molecular flexibility index (Phi) is 9.89. The Balaban J connectivity index is 1.76. The molecule has 0 spiro atoms. The van der Waals surface area contributed by atoms with Gasteiger partial charge in [0.2, 0.25) is 10.0 Å². The summed E-state index contributed by atoms with van der Waals surface area (Å²) in [5.41, 5.74) is 3.77. The molecule has 3 aromatic rings. The first kappa shape index (κ1) is 27.7. The molecule has 36 heavy (non-hydrogen) atoms. The van der Waals surface area contributed by atoms with E-state index in [9.17, 15) is 13.2 Å². The zero-order valence-corrected chi connectivity index (χ0v) is 22.8. The molecule has 0 aliphatic heterocycles. The van der Waals surface area contributed by atoms with E-state index < -0.39 is 22.5 Å². The van der Waals surface area contributed by atoms with Gasteiger partial charge in [0.15, 0.2) is 11.5 Å². The summed E-state index contributed by atoms with van der Waals surface area (Å²) in [4.78, 5) is 12.7. The highest BCUT2D eigenvalue weighted by molar-refractivity contribution is 9.10. The van der Waals surface area contributed by atoms with Crippen molar-refractivity contribution in [2.24, 2.45) is 5.10 Å². The fraction of sp³-hybridized carbons (Fsp3) is 0.200. The first-order valence-electron chi connectivity index (χ1n) is 10.9. The normalized spacial score (nSPS) is 11.6. The summed E-state index contributed by atoms with van der Waals surface area (Å²) in [5, 5.41) is 4.37. The van der Waals surface area contributed by atoms with Gasteiger partial charge in [-0.15, -0.1) is 0 Å². The van der Waals surface area contributed by atoms with E-state index in [0.717, 1.165) is 8.78 Å². The topological polar surface area (TPSA) is 97.3 Å². The number of hydrogen-bond acceptors (Lipinski definition) is 6. The third-order valence-electron chi connectivity index (χ3n) is 4.93. The highest BCUT2D eigenvalue weighted by Crippen LogP contribution is 2.27. The molecule has 3 rings (SSSR count). The smallest absolute Gasteiger partial charge is 0.255 e. The van der Waals surface area contributed by atoms with Crippen molar-refractivity contribution in [3.63, 3.8) is 0 Å². The number of carbonyl (C=O) groups is 1. The number of nitrogens with one attached hydrogen (secondary N) is 1. The van der Waals surface area contributed by atoms with Crippen LogP contribution in [0.1, 0.15) is 18.1 Å². The molecular weight excluding hydrogens is 570 g/mol. The second kappa shape index (κ2) is 12.9. The minimum Gasteiger partial charge on any atom is -0.493 e. The summed E-state index contributed by atoms with van der Waals surface area (Å²) in [5.74, 6) is 0.526. The average Bonchev–Trinajstić information content (AvgIpc) is 2.86. The lowest BCUT2D eigenvalue weighted by atomic mass is 10.2. The SMILES string of the molecule is CCOc1ccc(/C=N\NC(=O)CN(Cc2ccc(Br)cc2)S(=O)(=O)c2ccc(Cl)cc2)cc1OC. The lowest BCUT2D eigenvalue weighted by Gasteiger charge is -2.21. The molecule has 0 aliphatic rings. The number of ether oxygens (including phenoxy) is 2. The Morgan fingerprint density at radius 2 is 1.78 bits per heavy atom. The number of benzene rings is 3. The molecule has 0 unspecified atom stereocenters. The molecule has 8 nitrogen and oxygen atoms in total. The van der Waals surface area contributed by atoms with Crippen LogP contribution in [-0.2, 0) is 21.4 Å². The maximum Gasteiger partial charge on any atom is 0.255 e. The van der Waals surface area contributed by atoms with Crippen molar-refractivity contribution in [1.82, 2.24) is 9.73 Å². The van der Waals surface area contributed by atoms with E-state index in [0.29, 0.717) is 34.3 Å². The molecule has 0 aromatic heterocycles. The number of rotatable bonds is 11. The van der Waals surface area contributed by atoms with Crippen LogP contribution >= 0.6 is 27.5 Å². The van der Waals surface area contributed by atoms with Crippen LogP contribution in [0.3, 0.4) is 0 Å². The molecule has 0 saturated heterocycles. The fourth-order valence-corrected chi connectivity index (χ4v) is 4.96. The fourth-order valence-electron chi connectivity index (χ4n) is 3.19. The molecule has 0 bridgehead atoms. The van der Waals surface area contributed by atoms with Crippen LogP contribution in [0.2, 0.25) is 5.02 Å².